The number of hydrogen-bond donors (Lipinski definition) is 1. The van der Waals surface area contributed by atoms with Crippen LogP contribution in [0.5, 0.6) is 5.75 Å². The zero-order valence-corrected chi connectivity index (χ0v) is 10.9. The Balaban J connectivity index is 2.80. The smallest absolute Gasteiger partial charge is 0.401 e. The number of benzene rings is 1. The highest BCUT2D eigenvalue weighted by Crippen LogP contribution is 2.28. The number of ether oxygens (including phenoxy) is 1. The average molecular weight is 277 g/mol. The Morgan fingerprint density at radius 2 is 2.00 bits per heavy atom. The summed E-state index contributed by atoms with van der Waals surface area (Å²) in [5.74, 6) is -1.51. The molecule has 0 heterocycles. The quantitative estimate of drug-likeness (QED) is 0.859. The first-order valence-electron chi connectivity index (χ1n) is 5.28. The van der Waals surface area contributed by atoms with Crippen LogP contribution in [0.4, 0.5) is 13.2 Å². The van der Waals surface area contributed by atoms with Crippen LogP contribution in [0.3, 0.4) is 0 Å². The molecule has 2 N–H and O–H groups in total. The van der Waals surface area contributed by atoms with E-state index in [0.717, 1.165) is 11.1 Å². The largest absolute Gasteiger partial charge is 0.492 e. The van der Waals surface area contributed by atoms with Crippen LogP contribution in [0.1, 0.15) is 11.1 Å². The molecule has 1 aromatic carbocycles. The summed E-state index contributed by atoms with van der Waals surface area (Å²) in [5, 5.41) is 0. The molecule has 18 heavy (non-hydrogen) atoms. The third-order valence-electron chi connectivity index (χ3n) is 2.70. The van der Waals surface area contributed by atoms with Crippen molar-refractivity contribution in [1.82, 2.24) is 0 Å². The topological polar surface area (TPSA) is 35.2 Å². The molecule has 1 rings (SSSR count). The van der Waals surface area contributed by atoms with Crippen LogP contribution < -0.4 is 10.5 Å². The molecule has 0 bridgehead atoms. The van der Waals surface area contributed by atoms with Gasteiger partial charge in [-0.15, -0.1) is 0 Å². The fourth-order valence-corrected chi connectivity index (χ4v) is 1.59. The third kappa shape index (κ3) is 3.60. The Morgan fingerprint density at radius 1 is 1.39 bits per heavy atom. The minimum absolute atomic E-state index is 0.417. The molecule has 6 heteroatoms. The van der Waals surface area contributed by atoms with E-state index in [1.807, 2.05) is 13.0 Å². The van der Waals surface area contributed by atoms with Gasteiger partial charge in [0.1, 0.15) is 18.3 Å². The summed E-state index contributed by atoms with van der Waals surface area (Å²) in [5.41, 5.74) is 6.84. The average Bonchev–Trinajstić information content (AvgIpc) is 2.22. The van der Waals surface area contributed by atoms with Gasteiger partial charge in [0.05, 0.1) is 4.99 Å². The van der Waals surface area contributed by atoms with E-state index in [1.54, 1.807) is 19.1 Å². The SMILES string of the molecule is Cc1cccc(OCC(C(N)=S)C(F)(F)F)c1C. The third-order valence-corrected chi connectivity index (χ3v) is 2.98. The molecule has 0 saturated heterocycles. The second-order valence-corrected chi connectivity index (χ2v) is 4.48. The Hall–Kier alpha value is -1.30. The number of hydrogen-bond acceptors (Lipinski definition) is 2. The summed E-state index contributed by atoms with van der Waals surface area (Å²) < 4.78 is 43.0. The zero-order chi connectivity index (χ0) is 13.9. The molecular weight excluding hydrogens is 263 g/mol. The number of halogens is 3. The number of aryl methyl sites for hydroxylation is 1. The van der Waals surface area contributed by atoms with Crippen LogP contribution in [0.25, 0.3) is 0 Å². The lowest BCUT2D eigenvalue weighted by Crippen LogP contribution is -2.38. The van der Waals surface area contributed by atoms with Crippen LogP contribution in [-0.2, 0) is 0 Å². The van der Waals surface area contributed by atoms with Gasteiger partial charge in [0.25, 0.3) is 0 Å². The normalized spacial score (nSPS) is 13.2. The number of thiocarbonyl (C=S) groups is 1. The van der Waals surface area contributed by atoms with Crippen LogP contribution in [-0.4, -0.2) is 17.8 Å². The maximum atomic E-state index is 12.6. The number of rotatable bonds is 4. The highest BCUT2D eigenvalue weighted by atomic mass is 32.1. The van der Waals surface area contributed by atoms with Gasteiger partial charge in [0.15, 0.2) is 0 Å². The molecule has 0 amide bonds. The summed E-state index contributed by atoms with van der Waals surface area (Å²) in [6.45, 7) is 3.05. The van der Waals surface area contributed by atoms with E-state index in [2.05, 4.69) is 12.2 Å². The van der Waals surface area contributed by atoms with Gasteiger partial charge >= 0.3 is 6.18 Å². The molecule has 0 fully saturated rings. The van der Waals surface area contributed by atoms with Crippen molar-refractivity contribution in [3.63, 3.8) is 0 Å². The van der Waals surface area contributed by atoms with Crippen molar-refractivity contribution in [2.45, 2.75) is 20.0 Å². The van der Waals surface area contributed by atoms with E-state index in [9.17, 15) is 13.2 Å². The van der Waals surface area contributed by atoms with Gasteiger partial charge in [-0.05, 0) is 31.0 Å². The minimum atomic E-state index is -4.48. The lowest BCUT2D eigenvalue weighted by Gasteiger charge is -2.20. The van der Waals surface area contributed by atoms with Gasteiger partial charge in [0.2, 0.25) is 0 Å². The molecular formula is C12H14F3NOS. The van der Waals surface area contributed by atoms with Crippen molar-refractivity contribution in [3.8, 4) is 5.75 Å². The molecule has 0 radical (unpaired) electrons. The van der Waals surface area contributed by atoms with E-state index < -0.39 is 23.7 Å². The number of alkyl halides is 3. The van der Waals surface area contributed by atoms with Crippen molar-refractivity contribution in [1.29, 1.82) is 0 Å². The van der Waals surface area contributed by atoms with E-state index in [4.69, 9.17) is 10.5 Å². The van der Waals surface area contributed by atoms with E-state index >= 15 is 0 Å². The minimum Gasteiger partial charge on any atom is -0.492 e. The fraction of sp³-hybridized carbons (Fsp3) is 0.417. The first kappa shape index (κ1) is 14.8. The summed E-state index contributed by atoms with van der Waals surface area (Å²) in [4.78, 5) is -0.604. The Kier molecular flexibility index (Phi) is 4.56. The number of nitrogens with two attached hydrogens (primary N) is 1. The molecule has 1 unspecified atom stereocenters. The van der Waals surface area contributed by atoms with Gasteiger partial charge in [0, 0.05) is 0 Å². The van der Waals surface area contributed by atoms with Gasteiger partial charge in [-0.2, -0.15) is 13.2 Å². The molecule has 0 aliphatic heterocycles. The lowest BCUT2D eigenvalue weighted by atomic mass is 10.1. The maximum Gasteiger partial charge on any atom is 0.401 e. The van der Waals surface area contributed by atoms with E-state index in [-0.39, 0.29) is 0 Å². The van der Waals surface area contributed by atoms with Crippen molar-refractivity contribution >= 4 is 17.2 Å². The second-order valence-electron chi connectivity index (χ2n) is 4.01. The van der Waals surface area contributed by atoms with Crippen LogP contribution in [0, 0.1) is 19.8 Å². The van der Waals surface area contributed by atoms with Crippen molar-refractivity contribution in [2.75, 3.05) is 6.61 Å². The maximum absolute atomic E-state index is 12.6. The lowest BCUT2D eigenvalue weighted by molar-refractivity contribution is -0.161. The molecule has 0 spiro atoms. The molecule has 1 atom stereocenters. The first-order chi connectivity index (χ1) is 8.23. The second kappa shape index (κ2) is 5.56. The van der Waals surface area contributed by atoms with E-state index in [0.29, 0.717) is 5.75 Å². The Bertz CT molecular complexity index is 445. The predicted octanol–water partition coefficient (Wildman–Crippen LogP) is 3.15. The first-order valence-corrected chi connectivity index (χ1v) is 5.69. The predicted molar refractivity (Wildman–Crippen MR) is 67.7 cm³/mol. The van der Waals surface area contributed by atoms with Gasteiger partial charge in [-0.25, -0.2) is 0 Å². The fourth-order valence-electron chi connectivity index (χ4n) is 1.39. The molecule has 100 valence electrons. The molecule has 0 aliphatic rings. The molecule has 2 nitrogen and oxygen atoms in total. The summed E-state index contributed by atoms with van der Waals surface area (Å²) in [6.07, 6.45) is -4.48. The highest BCUT2D eigenvalue weighted by Gasteiger charge is 2.42. The van der Waals surface area contributed by atoms with E-state index in [1.165, 1.54) is 0 Å². The Morgan fingerprint density at radius 3 is 2.50 bits per heavy atom. The van der Waals surface area contributed by atoms with Crippen LogP contribution in [0.2, 0.25) is 0 Å². The van der Waals surface area contributed by atoms with Crippen molar-refractivity contribution in [3.05, 3.63) is 29.3 Å². The summed E-state index contributed by atoms with van der Waals surface area (Å²) >= 11 is 4.42. The monoisotopic (exact) mass is 277 g/mol. The summed E-state index contributed by atoms with van der Waals surface area (Å²) in [6, 6.07) is 5.20. The molecule has 1 aromatic rings. The van der Waals surface area contributed by atoms with Gasteiger partial charge in [-0.1, -0.05) is 24.4 Å². The van der Waals surface area contributed by atoms with Crippen molar-refractivity contribution in [2.24, 2.45) is 11.7 Å². The molecule has 0 aliphatic carbocycles. The summed E-state index contributed by atoms with van der Waals surface area (Å²) in [7, 11) is 0. The standard InChI is InChI=1S/C12H14F3NOS/c1-7-4-3-5-10(8(7)2)17-6-9(11(16)18)12(13,14)15/h3-5,9H,6H2,1-2H3,(H2,16,18). The van der Waals surface area contributed by atoms with Crippen molar-refractivity contribution < 1.29 is 17.9 Å². The van der Waals surface area contributed by atoms with Crippen LogP contribution in [0.15, 0.2) is 18.2 Å². The van der Waals surface area contributed by atoms with Crippen LogP contribution >= 0.6 is 12.2 Å². The highest BCUT2D eigenvalue weighted by molar-refractivity contribution is 7.80. The van der Waals surface area contributed by atoms with Gasteiger partial charge in [-0.3, -0.25) is 0 Å². The van der Waals surface area contributed by atoms with Gasteiger partial charge < -0.3 is 10.5 Å². The Labute approximate surface area is 109 Å². The molecule has 0 aromatic heterocycles. The molecule has 0 saturated carbocycles. The zero-order valence-electron chi connectivity index (χ0n) is 10.0.